The number of carboxylic acids is 1. The molecule has 2 aromatic heterocycles. The summed E-state index contributed by atoms with van der Waals surface area (Å²) in [6.45, 7) is 1.74. The van der Waals surface area contributed by atoms with Gasteiger partial charge in [-0.2, -0.15) is 5.10 Å². The van der Waals surface area contributed by atoms with Gasteiger partial charge in [-0.05, 0) is 56.6 Å². The van der Waals surface area contributed by atoms with E-state index in [4.69, 9.17) is 5.11 Å². The molecule has 1 aliphatic rings. The highest BCUT2D eigenvalue weighted by Gasteiger charge is 2.26. The molecule has 0 bridgehead atoms. The fourth-order valence-corrected chi connectivity index (χ4v) is 3.16. The smallest absolute Gasteiger partial charge is 0.306 e. The lowest BCUT2D eigenvalue weighted by molar-refractivity contribution is -0.143. The predicted molar refractivity (Wildman–Crippen MR) is 74.5 cm³/mol. The molecule has 3 rings (SSSR count). The summed E-state index contributed by atoms with van der Waals surface area (Å²) in [4.78, 5) is 15.0. The van der Waals surface area contributed by atoms with Crippen LogP contribution in [0.2, 0.25) is 0 Å². The number of pyridine rings is 1. The van der Waals surface area contributed by atoms with Crippen LogP contribution in [0, 0.1) is 24.6 Å². The second kappa shape index (κ2) is 5.42. The fraction of sp³-hybridized carbons (Fsp3) is 0.533. The van der Waals surface area contributed by atoms with Gasteiger partial charge in [0, 0.05) is 6.20 Å². The maximum atomic E-state index is 14.0. The maximum absolute atomic E-state index is 14.0. The van der Waals surface area contributed by atoms with Crippen LogP contribution in [-0.2, 0) is 11.2 Å². The molecule has 0 aliphatic heterocycles. The number of aryl methyl sites for hydroxylation is 1. The molecule has 1 aliphatic carbocycles. The van der Waals surface area contributed by atoms with E-state index in [1.165, 1.54) is 10.6 Å². The molecule has 0 spiro atoms. The molecule has 0 unspecified atom stereocenters. The first-order valence-corrected chi connectivity index (χ1v) is 7.27. The van der Waals surface area contributed by atoms with Crippen molar-refractivity contribution < 1.29 is 14.3 Å². The van der Waals surface area contributed by atoms with E-state index in [0.29, 0.717) is 24.6 Å². The van der Waals surface area contributed by atoms with Gasteiger partial charge in [0.05, 0.1) is 5.92 Å². The van der Waals surface area contributed by atoms with Crippen LogP contribution in [0.3, 0.4) is 0 Å². The highest BCUT2D eigenvalue weighted by molar-refractivity contribution is 5.70. The molecule has 112 valence electrons. The lowest BCUT2D eigenvalue weighted by atomic mass is 9.79. The second-order valence-electron chi connectivity index (χ2n) is 5.88. The topological polar surface area (TPSA) is 67.5 Å². The van der Waals surface area contributed by atoms with E-state index in [1.54, 1.807) is 6.92 Å². The number of carbonyl (C=O) groups is 1. The van der Waals surface area contributed by atoms with Gasteiger partial charge in [-0.1, -0.05) is 0 Å². The summed E-state index contributed by atoms with van der Waals surface area (Å²) in [6, 6.07) is 1.52. The number of hydrogen-bond acceptors (Lipinski definition) is 3. The van der Waals surface area contributed by atoms with Gasteiger partial charge in [-0.3, -0.25) is 4.79 Å². The molecule has 6 heteroatoms. The molecular formula is C15H18FN3O2. The molecule has 0 radical (unpaired) electrons. The Morgan fingerprint density at radius 2 is 2.14 bits per heavy atom. The van der Waals surface area contributed by atoms with Crippen molar-refractivity contribution >= 4 is 11.6 Å². The van der Waals surface area contributed by atoms with Gasteiger partial charge in [-0.15, -0.1) is 0 Å². The Hall–Kier alpha value is -1.98. The van der Waals surface area contributed by atoms with Gasteiger partial charge in [0.1, 0.15) is 5.82 Å². The number of carboxylic acid groups (broad SMARTS) is 1. The van der Waals surface area contributed by atoms with E-state index in [9.17, 15) is 9.18 Å². The van der Waals surface area contributed by atoms with Crippen LogP contribution in [0.4, 0.5) is 4.39 Å². The number of halogens is 1. The first kappa shape index (κ1) is 14.0. The lowest BCUT2D eigenvalue weighted by Crippen LogP contribution is -2.22. The zero-order valence-corrected chi connectivity index (χ0v) is 11.9. The minimum Gasteiger partial charge on any atom is -0.481 e. The third kappa shape index (κ3) is 2.89. The summed E-state index contributed by atoms with van der Waals surface area (Å²) in [5.74, 6) is -0.292. The third-order valence-electron chi connectivity index (χ3n) is 4.27. The van der Waals surface area contributed by atoms with Gasteiger partial charge >= 0.3 is 5.97 Å². The SMILES string of the molecule is Cc1nc2c(F)cc(C[C@H]3CC[C@H](C(=O)O)CC3)cn2n1. The first-order valence-electron chi connectivity index (χ1n) is 7.27. The van der Waals surface area contributed by atoms with E-state index in [-0.39, 0.29) is 17.4 Å². The van der Waals surface area contributed by atoms with E-state index in [0.717, 1.165) is 24.8 Å². The molecule has 21 heavy (non-hydrogen) atoms. The Balaban J connectivity index is 1.72. The molecule has 0 aromatic carbocycles. The Labute approximate surface area is 121 Å². The molecule has 1 saturated carbocycles. The fourth-order valence-electron chi connectivity index (χ4n) is 3.16. The van der Waals surface area contributed by atoms with Crippen LogP contribution >= 0.6 is 0 Å². The number of aliphatic carboxylic acids is 1. The van der Waals surface area contributed by atoms with Crippen LogP contribution in [-0.4, -0.2) is 25.7 Å². The van der Waals surface area contributed by atoms with Gasteiger partial charge in [0.2, 0.25) is 0 Å². The Morgan fingerprint density at radius 1 is 1.43 bits per heavy atom. The summed E-state index contributed by atoms with van der Waals surface area (Å²) in [6.07, 6.45) is 5.78. The van der Waals surface area contributed by atoms with Crippen molar-refractivity contribution in [2.45, 2.75) is 39.0 Å². The molecule has 0 saturated heterocycles. The van der Waals surface area contributed by atoms with Crippen molar-refractivity contribution in [2.24, 2.45) is 11.8 Å². The summed E-state index contributed by atoms with van der Waals surface area (Å²) in [5, 5.41) is 13.2. The zero-order chi connectivity index (χ0) is 15.0. The van der Waals surface area contributed by atoms with Crippen molar-refractivity contribution in [1.82, 2.24) is 14.6 Å². The van der Waals surface area contributed by atoms with Crippen molar-refractivity contribution in [3.63, 3.8) is 0 Å². The van der Waals surface area contributed by atoms with E-state index < -0.39 is 5.97 Å². The molecule has 1 fully saturated rings. The number of fused-ring (bicyclic) bond motifs is 1. The number of aromatic nitrogens is 3. The van der Waals surface area contributed by atoms with Crippen LogP contribution in [0.5, 0.6) is 0 Å². The molecule has 5 nitrogen and oxygen atoms in total. The van der Waals surface area contributed by atoms with E-state index >= 15 is 0 Å². The summed E-state index contributed by atoms with van der Waals surface area (Å²) in [7, 11) is 0. The molecule has 2 heterocycles. The van der Waals surface area contributed by atoms with Crippen LogP contribution in [0.25, 0.3) is 5.65 Å². The molecule has 0 atom stereocenters. The van der Waals surface area contributed by atoms with Crippen LogP contribution in [0.1, 0.15) is 37.1 Å². The molecule has 0 amide bonds. The van der Waals surface area contributed by atoms with E-state index in [2.05, 4.69) is 10.1 Å². The number of rotatable bonds is 3. The first-order chi connectivity index (χ1) is 10.0. The van der Waals surface area contributed by atoms with Gasteiger partial charge in [0.25, 0.3) is 0 Å². The standard InChI is InChI=1S/C15H18FN3O2/c1-9-17-14-13(16)7-11(8-19(14)18-9)6-10-2-4-12(5-3-10)15(20)21/h7-8,10,12H,2-6H2,1H3,(H,20,21)/t10-,12-. The number of nitrogens with zero attached hydrogens (tertiary/aromatic N) is 3. The van der Waals surface area contributed by atoms with Crippen molar-refractivity contribution in [2.75, 3.05) is 0 Å². The summed E-state index contributed by atoms with van der Waals surface area (Å²) in [5.41, 5.74) is 1.15. The summed E-state index contributed by atoms with van der Waals surface area (Å²) < 4.78 is 15.5. The second-order valence-corrected chi connectivity index (χ2v) is 5.88. The van der Waals surface area contributed by atoms with Crippen LogP contribution < -0.4 is 0 Å². The Kier molecular flexibility index (Phi) is 3.61. The predicted octanol–water partition coefficient (Wildman–Crippen LogP) is 2.61. The van der Waals surface area contributed by atoms with Crippen molar-refractivity contribution in [3.05, 3.63) is 29.5 Å². The highest BCUT2D eigenvalue weighted by atomic mass is 19.1. The normalized spacial score (nSPS) is 22.6. The third-order valence-corrected chi connectivity index (χ3v) is 4.27. The Bertz CT molecular complexity index is 675. The summed E-state index contributed by atoms with van der Waals surface area (Å²) >= 11 is 0. The highest BCUT2D eigenvalue weighted by Crippen LogP contribution is 2.31. The largest absolute Gasteiger partial charge is 0.481 e. The van der Waals surface area contributed by atoms with Crippen LogP contribution in [0.15, 0.2) is 12.3 Å². The molecule has 1 N–H and O–H groups in total. The molecular weight excluding hydrogens is 273 g/mol. The maximum Gasteiger partial charge on any atom is 0.306 e. The monoisotopic (exact) mass is 291 g/mol. The van der Waals surface area contributed by atoms with E-state index in [1.807, 2.05) is 6.20 Å². The Morgan fingerprint density at radius 3 is 2.81 bits per heavy atom. The zero-order valence-electron chi connectivity index (χ0n) is 11.9. The minimum absolute atomic E-state index is 0.210. The van der Waals surface area contributed by atoms with Gasteiger partial charge in [0.15, 0.2) is 11.5 Å². The lowest BCUT2D eigenvalue weighted by Gasteiger charge is -2.26. The molecule has 2 aromatic rings. The average molecular weight is 291 g/mol. The van der Waals surface area contributed by atoms with Crippen molar-refractivity contribution in [1.29, 1.82) is 0 Å². The van der Waals surface area contributed by atoms with Gasteiger partial charge in [-0.25, -0.2) is 13.9 Å². The average Bonchev–Trinajstić information content (AvgIpc) is 2.80. The minimum atomic E-state index is -0.695. The quantitative estimate of drug-likeness (QED) is 0.944. The number of hydrogen-bond donors (Lipinski definition) is 1. The van der Waals surface area contributed by atoms with Gasteiger partial charge < -0.3 is 5.11 Å². The van der Waals surface area contributed by atoms with Crippen molar-refractivity contribution in [3.8, 4) is 0 Å².